The van der Waals surface area contributed by atoms with Crippen LogP contribution in [0.2, 0.25) is 0 Å². The Bertz CT molecular complexity index is 205. The van der Waals surface area contributed by atoms with Gasteiger partial charge in [0.25, 0.3) is 0 Å². The lowest BCUT2D eigenvalue weighted by molar-refractivity contribution is -0.0359. The van der Waals surface area contributed by atoms with Gasteiger partial charge in [0.2, 0.25) is 0 Å². The Labute approximate surface area is 81.5 Å². The summed E-state index contributed by atoms with van der Waals surface area (Å²) in [7, 11) is 0. The highest BCUT2D eigenvalue weighted by Gasteiger charge is 2.53. The van der Waals surface area contributed by atoms with E-state index in [2.05, 4.69) is 20.8 Å². The Morgan fingerprint density at radius 3 is 2.38 bits per heavy atom. The summed E-state index contributed by atoms with van der Waals surface area (Å²) in [6.07, 6.45) is 6.22. The molecule has 0 aromatic rings. The maximum absolute atomic E-state index is 10.0. The molecule has 0 aromatic carbocycles. The van der Waals surface area contributed by atoms with Crippen molar-refractivity contribution in [2.75, 3.05) is 0 Å². The lowest BCUT2D eigenvalue weighted by Gasteiger charge is -2.48. The van der Waals surface area contributed by atoms with E-state index in [1.54, 1.807) is 0 Å². The van der Waals surface area contributed by atoms with Gasteiger partial charge in [-0.15, -0.1) is 0 Å². The highest BCUT2D eigenvalue weighted by atomic mass is 16.3. The highest BCUT2D eigenvalue weighted by Crippen LogP contribution is 2.59. The van der Waals surface area contributed by atoms with E-state index in [1.807, 2.05) is 0 Å². The molecule has 76 valence electrons. The van der Waals surface area contributed by atoms with Crippen LogP contribution in [0.1, 0.15) is 52.9 Å². The Balaban J connectivity index is 2.30. The fourth-order valence-corrected chi connectivity index (χ4v) is 4.11. The predicted molar refractivity (Wildman–Crippen MR) is 54.5 cm³/mol. The fraction of sp³-hybridized carbons (Fsp3) is 1.00. The van der Waals surface area contributed by atoms with Crippen LogP contribution in [-0.4, -0.2) is 11.2 Å². The van der Waals surface area contributed by atoms with Crippen LogP contribution in [0.4, 0.5) is 0 Å². The van der Waals surface area contributed by atoms with Gasteiger partial charge in [-0.1, -0.05) is 27.2 Å². The van der Waals surface area contributed by atoms with Crippen molar-refractivity contribution < 1.29 is 5.11 Å². The lowest BCUT2D eigenvalue weighted by atomic mass is 9.57. The zero-order chi connectivity index (χ0) is 9.69. The van der Waals surface area contributed by atoms with E-state index in [0.717, 1.165) is 6.42 Å². The first-order valence-corrected chi connectivity index (χ1v) is 5.64. The molecule has 0 aromatic heterocycles. The highest BCUT2D eigenvalue weighted by molar-refractivity contribution is 5.03. The predicted octanol–water partition coefficient (Wildman–Crippen LogP) is 2.97. The second kappa shape index (κ2) is 2.73. The summed E-state index contributed by atoms with van der Waals surface area (Å²) < 4.78 is 0. The maximum Gasteiger partial charge on any atom is 0.0578 e. The van der Waals surface area contributed by atoms with Crippen molar-refractivity contribution in [2.24, 2.45) is 16.7 Å². The average molecular weight is 182 g/mol. The molecule has 2 aliphatic rings. The molecule has 3 atom stereocenters. The Morgan fingerprint density at radius 2 is 1.77 bits per heavy atom. The first-order valence-electron chi connectivity index (χ1n) is 5.64. The minimum absolute atomic E-state index is 0.0275. The molecule has 2 aliphatic carbocycles. The van der Waals surface area contributed by atoms with Crippen molar-refractivity contribution >= 4 is 0 Å². The minimum atomic E-state index is -0.0275. The van der Waals surface area contributed by atoms with E-state index in [1.165, 1.54) is 25.7 Å². The van der Waals surface area contributed by atoms with Crippen molar-refractivity contribution in [2.45, 2.75) is 59.0 Å². The smallest absolute Gasteiger partial charge is 0.0578 e. The van der Waals surface area contributed by atoms with Gasteiger partial charge in [0, 0.05) is 0 Å². The van der Waals surface area contributed by atoms with Gasteiger partial charge in [-0.3, -0.25) is 0 Å². The SMILES string of the molecule is CC1(C)CCCC2(C)CC[C@H](O)C12. The van der Waals surface area contributed by atoms with Crippen LogP contribution in [0.3, 0.4) is 0 Å². The molecular formula is C12H22O. The summed E-state index contributed by atoms with van der Waals surface area (Å²) in [6, 6.07) is 0. The summed E-state index contributed by atoms with van der Waals surface area (Å²) >= 11 is 0. The molecule has 13 heavy (non-hydrogen) atoms. The fourth-order valence-electron chi connectivity index (χ4n) is 4.11. The molecule has 0 bridgehead atoms. The van der Waals surface area contributed by atoms with Crippen LogP contribution in [0, 0.1) is 16.7 Å². The quantitative estimate of drug-likeness (QED) is 0.610. The van der Waals surface area contributed by atoms with E-state index < -0.39 is 0 Å². The van der Waals surface area contributed by atoms with Crippen molar-refractivity contribution in [1.29, 1.82) is 0 Å². The Kier molecular flexibility index (Phi) is 1.99. The van der Waals surface area contributed by atoms with Crippen molar-refractivity contribution in [3.05, 3.63) is 0 Å². The molecule has 2 saturated carbocycles. The monoisotopic (exact) mass is 182 g/mol. The third-order valence-corrected chi connectivity index (χ3v) is 4.56. The molecule has 0 radical (unpaired) electrons. The normalized spacial score (nSPS) is 48.9. The number of rotatable bonds is 0. The number of hydrogen-bond donors (Lipinski definition) is 1. The van der Waals surface area contributed by atoms with Crippen LogP contribution in [0.15, 0.2) is 0 Å². The van der Waals surface area contributed by atoms with Gasteiger partial charge in [-0.25, -0.2) is 0 Å². The van der Waals surface area contributed by atoms with Gasteiger partial charge < -0.3 is 5.11 Å². The maximum atomic E-state index is 10.0. The Morgan fingerprint density at radius 1 is 1.08 bits per heavy atom. The van der Waals surface area contributed by atoms with E-state index in [4.69, 9.17) is 0 Å². The minimum Gasteiger partial charge on any atom is -0.393 e. The van der Waals surface area contributed by atoms with Gasteiger partial charge in [0.05, 0.1) is 6.10 Å². The third-order valence-electron chi connectivity index (χ3n) is 4.56. The zero-order valence-corrected chi connectivity index (χ0v) is 9.14. The van der Waals surface area contributed by atoms with Crippen LogP contribution in [0.5, 0.6) is 0 Å². The first kappa shape index (κ1) is 9.51. The van der Waals surface area contributed by atoms with Crippen LogP contribution < -0.4 is 0 Å². The van der Waals surface area contributed by atoms with E-state index >= 15 is 0 Å². The van der Waals surface area contributed by atoms with Gasteiger partial charge >= 0.3 is 0 Å². The molecule has 2 unspecified atom stereocenters. The molecule has 1 N–H and O–H groups in total. The van der Waals surface area contributed by atoms with E-state index in [0.29, 0.717) is 16.7 Å². The molecule has 1 heteroatoms. The lowest BCUT2D eigenvalue weighted by Crippen LogP contribution is -2.43. The van der Waals surface area contributed by atoms with Gasteiger partial charge in [0.1, 0.15) is 0 Å². The molecule has 1 nitrogen and oxygen atoms in total. The summed E-state index contributed by atoms with van der Waals surface area (Å²) in [6.45, 7) is 7.06. The second-order valence-electron chi connectivity index (χ2n) is 6.08. The van der Waals surface area contributed by atoms with Gasteiger partial charge in [0.15, 0.2) is 0 Å². The van der Waals surface area contributed by atoms with Crippen LogP contribution in [-0.2, 0) is 0 Å². The molecule has 2 fully saturated rings. The molecule has 0 aliphatic heterocycles. The van der Waals surface area contributed by atoms with E-state index in [9.17, 15) is 5.11 Å². The van der Waals surface area contributed by atoms with Crippen LogP contribution in [0.25, 0.3) is 0 Å². The summed E-state index contributed by atoms with van der Waals surface area (Å²) in [5.74, 6) is 0.550. The standard InChI is InChI=1S/C12H22O/c1-11(2)6-4-7-12(3)8-5-9(13)10(11)12/h9-10,13H,4-8H2,1-3H3/t9-,10?,12?/m0/s1. The first-order chi connectivity index (χ1) is 5.96. The average Bonchev–Trinajstić information content (AvgIpc) is 2.27. The largest absolute Gasteiger partial charge is 0.393 e. The van der Waals surface area contributed by atoms with Gasteiger partial charge in [-0.2, -0.15) is 0 Å². The molecule has 0 heterocycles. The summed E-state index contributed by atoms with van der Waals surface area (Å²) in [5, 5.41) is 10.0. The molecule has 2 rings (SSSR count). The summed E-state index contributed by atoms with van der Waals surface area (Å²) in [5.41, 5.74) is 0.810. The van der Waals surface area contributed by atoms with Crippen molar-refractivity contribution in [3.63, 3.8) is 0 Å². The molecule has 0 saturated heterocycles. The van der Waals surface area contributed by atoms with Crippen molar-refractivity contribution in [1.82, 2.24) is 0 Å². The Hall–Kier alpha value is -0.0400. The third kappa shape index (κ3) is 1.32. The van der Waals surface area contributed by atoms with Crippen molar-refractivity contribution in [3.8, 4) is 0 Å². The molecule has 0 spiro atoms. The number of aliphatic hydroxyl groups excluding tert-OH is 1. The molecular weight excluding hydrogens is 160 g/mol. The van der Waals surface area contributed by atoms with Crippen LogP contribution >= 0.6 is 0 Å². The topological polar surface area (TPSA) is 20.2 Å². The number of fused-ring (bicyclic) bond motifs is 1. The summed E-state index contributed by atoms with van der Waals surface area (Å²) in [4.78, 5) is 0. The number of hydrogen-bond acceptors (Lipinski definition) is 1. The van der Waals surface area contributed by atoms with E-state index in [-0.39, 0.29) is 6.10 Å². The number of aliphatic hydroxyl groups is 1. The second-order valence-corrected chi connectivity index (χ2v) is 6.08. The molecule has 0 amide bonds. The zero-order valence-electron chi connectivity index (χ0n) is 9.14. The van der Waals surface area contributed by atoms with Gasteiger partial charge in [-0.05, 0) is 42.4 Å².